The largest absolute Gasteiger partial charge is 0.299 e. The lowest BCUT2D eigenvalue weighted by atomic mass is 9.89. The molecule has 1 unspecified atom stereocenters. The first kappa shape index (κ1) is 16.0. The van der Waals surface area contributed by atoms with E-state index >= 15 is 0 Å². The molecule has 1 atom stereocenters. The predicted octanol–water partition coefficient (Wildman–Crippen LogP) is 3.22. The Labute approximate surface area is 133 Å². The Hall–Kier alpha value is -1.42. The molecule has 0 amide bonds. The molecule has 1 aromatic carbocycles. The Bertz CT molecular complexity index is 606. The van der Waals surface area contributed by atoms with E-state index in [1.165, 1.54) is 11.5 Å². The van der Waals surface area contributed by atoms with Gasteiger partial charge in [-0.15, -0.1) is 0 Å². The van der Waals surface area contributed by atoms with Crippen molar-refractivity contribution in [2.75, 3.05) is 12.8 Å². The van der Waals surface area contributed by atoms with E-state index in [4.69, 9.17) is 0 Å². The van der Waals surface area contributed by atoms with Gasteiger partial charge < -0.3 is 0 Å². The zero-order valence-electron chi connectivity index (χ0n) is 12.2. The van der Waals surface area contributed by atoms with Crippen LogP contribution in [0.3, 0.4) is 0 Å². The van der Waals surface area contributed by atoms with Crippen LogP contribution in [0, 0.1) is 11.3 Å². The van der Waals surface area contributed by atoms with Crippen LogP contribution in [0.1, 0.15) is 24.7 Å². The number of aryl methyl sites for hydroxylation is 1. The molecular formula is C15H18N4S2. The van der Waals surface area contributed by atoms with Gasteiger partial charge in [-0.2, -0.15) is 9.64 Å². The first-order chi connectivity index (χ1) is 10.2. The van der Waals surface area contributed by atoms with Crippen LogP contribution in [0.2, 0.25) is 0 Å². The van der Waals surface area contributed by atoms with E-state index in [1.54, 1.807) is 11.8 Å². The van der Waals surface area contributed by atoms with Gasteiger partial charge in [0.1, 0.15) is 11.4 Å². The maximum Gasteiger partial charge on any atom is 0.170 e. The molecule has 1 aromatic heterocycles. The highest BCUT2D eigenvalue weighted by Crippen LogP contribution is 2.29. The summed E-state index contributed by atoms with van der Waals surface area (Å²) in [4.78, 5) is 4.44. The summed E-state index contributed by atoms with van der Waals surface area (Å²) in [5.74, 6) is 1.72. The molecule has 0 saturated carbocycles. The molecule has 0 aliphatic heterocycles. The molecule has 2 aromatic rings. The molecule has 0 fully saturated rings. The minimum atomic E-state index is -0.646. The maximum absolute atomic E-state index is 9.62. The summed E-state index contributed by atoms with van der Waals surface area (Å²) in [6.07, 6.45) is 1.58. The van der Waals surface area contributed by atoms with Gasteiger partial charge in [-0.05, 0) is 30.6 Å². The number of thioether (sulfide) groups is 1. The van der Waals surface area contributed by atoms with Crippen molar-refractivity contribution >= 4 is 23.3 Å². The minimum absolute atomic E-state index is 0.646. The van der Waals surface area contributed by atoms with Crippen molar-refractivity contribution in [2.24, 2.45) is 0 Å². The third-order valence-corrected chi connectivity index (χ3v) is 5.23. The minimum Gasteiger partial charge on any atom is -0.299 e. The highest BCUT2D eigenvalue weighted by Gasteiger charge is 2.29. The number of rotatable bonds is 7. The van der Waals surface area contributed by atoms with Crippen LogP contribution >= 0.6 is 23.3 Å². The third-order valence-electron chi connectivity index (χ3n) is 3.35. The lowest BCUT2D eigenvalue weighted by molar-refractivity contribution is 0.457. The normalized spacial score (nSPS) is 13.6. The first-order valence-electron chi connectivity index (χ1n) is 6.85. The molecule has 4 nitrogen and oxygen atoms in total. The number of aromatic nitrogens is 2. The molecule has 1 N–H and O–H groups in total. The number of nitrogens with zero attached hydrogens (tertiary/aromatic N) is 3. The van der Waals surface area contributed by atoms with Crippen molar-refractivity contribution in [2.45, 2.75) is 29.6 Å². The lowest BCUT2D eigenvalue weighted by Gasteiger charge is -2.26. The second-order valence-electron chi connectivity index (χ2n) is 4.56. The van der Waals surface area contributed by atoms with Gasteiger partial charge in [0.15, 0.2) is 4.34 Å². The van der Waals surface area contributed by atoms with E-state index in [0.29, 0.717) is 0 Å². The number of nitriles is 1. The molecular weight excluding hydrogens is 300 g/mol. The van der Waals surface area contributed by atoms with E-state index in [2.05, 4.69) is 20.7 Å². The molecule has 6 heteroatoms. The summed E-state index contributed by atoms with van der Waals surface area (Å²) in [7, 11) is 1.83. The van der Waals surface area contributed by atoms with Gasteiger partial charge in [-0.3, -0.25) is 5.32 Å². The number of hydrogen-bond donors (Lipinski definition) is 1. The van der Waals surface area contributed by atoms with Crippen molar-refractivity contribution < 1.29 is 0 Å². The Morgan fingerprint density at radius 2 is 2.14 bits per heavy atom. The van der Waals surface area contributed by atoms with Gasteiger partial charge in [0.2, 0.25) is 0 Å². The molecule has 0 spiro atoms. The number of nitrogens with one attached hydrogen (secondary N) is 1. The fraction of sp³-hybridized carbons (Fsp3) is 0.400. The van der Waals surface area contributed by atoms with Gasteiger partial charge in [0, 0.05) is 12.2 Å². The topological polar surface area (TPSA) is 61.6 Å². The molecule has 2 rings (SSSR count). The molecule has 0 aliphatic rings. The second kappa shape index (κ2) is 7.55. The van der Waals surface area contributed by atoms with E-state index in [0.717, 1.165) is 34.3 Å². The number of hydrogen-bond acceptors (Lipinski definition) is 6. The molecule has 0 bridgehead atoms. The average molecular weight is 318 g/mol. The number of benzene rings is 1. The van der Waals surface area contributed by atoms with Gasteiger partial charge in [0.25, 0.3) is 0 Å². The zero-order valence-corrected chi connectivity index (χ0v) is 13.8. The SMILES string of the molecule is CCc1nsc(SCCC(C#N)(NC)c2ccccc2)n1. The van der Waals surface area contributed by atoms with Crippen molar-refractivity contribution in [3.05, 3.63) is 41.7 Å². The third kappa shape index (κ3) is 3.82. The monoisotopic (exact) mass is 318 g/mol. The molecule has 21 heavy (non-hydrogen) atoms. The smallest absolute Gasteiger partial charge is 0.170 e. The van der Waals surface area contributed by atoms with Crippen LogP contribution in [0.15, 0.2) is 34.7 Å². The van der Waals surface area contributed by atoms with E-state index in [-0.39, 0.29) is 0 Å². The lowest BCUT2D eigenvalue weighted by Crippen LogP contribution is -2.39. The van der Waals surface area contributed by atoms with Gasteiger partial charge >= 0.3 is 0 Å². The fourth-order valence-corrected chi connectivity index (χ4v) is 3.87. The fourth-order valence-electron chi connectivity index (χ4n) is 2.04. The summed E-state index contributed by atoms with van der Waals surface area (Å²) in [5.41, 5.74) is 0.356. The van der Waals surface area contributed by atoms with Crippen molar-refractivity contribution in [1.29, 1.82) is 5.26 Å². The van der Waals surface area contributed by atoms with Crippen molar-refractivity contribution in [3.63, 3.8) is 0 Å². The van der Waals surface area contributed by atoms with Gasteiger partial charge in [0.05, 0.1) is 6.07 Å². The van der Waals surface area contributed by atoms with Gasteiger partial charge in [-0.25, -0.2) is 4.98 Å². The molecule has 110 valence electrons. The summed E-state index contributed by atoms with van der Waals surface area (Å²) in [5, 5.41) is 12.8. The van der Waals surface area contributed by atoms with E-state index < -0.39 is 5.54 Å². The quantitative estimate of drug-likeness (QED) is 0.794. The maximum atomic E-state index is 9.62. The molecule has 0 saturated heterocycles. The molecule has 0 aliphatic carbocycles. The first-order valence-corrected chi connectivity index (χ1v) is 8.61. The standard InChI is InChI=1S/C15H18N4S2/c1-3-13-18-14(21-19-13)20-10-9-15(11-16,17-2)12-7-5-4-6-8-12/h4-8,17H,3,9-10H2,1-2H3. The summed E-state index contributed by atoms with van der Waals surface area (Å²) in [6, 6.07) is 12.3. The second-order valence-corrected chi connectivity index (χ2v) is 6.66. The highest BCUT2D eigenvalue weighted by atomic mass is 32.2. The molecule has 0 radical (unpaired) electrons. The van der Waals surface area contributed by atoms with Crippen LogP contribution in [-0.4, -0.2) is 22.2 Å². The van der Waals surface area contributed by atoms with Gasteiger partial charge in [-0.1, -0.05) is 49.0 Å². The van der Waals surface area contributed by atoms with E-state index in [9.17, 15) is 5.26 Å². The van der Waals surface area contributed by atoms with Crippen molar-refractivity contribution in [1.82, 2.24) is 14.7 Å². The summed E-state index contributed by atoms with van der Waals surface area (Å²) in [6.45, 7) is 2.05. The van der Waals surface area contributed by atoms with Crippen LogP contribution in [0.4, 0.5) is 0 Å². The van der Waals surface area contributed by atoms with Crippen LogP contribution < -0.4 is 5.32 Å². The molecule has 1 heterocycles. The average Bonchev–Trinajstić information content (AvgIpc) is 3.01. The summed E-state index contributed by atoms with van der Waals surface area (Å²) >= 11 is 3.10. The van der Waals surface area contributed by atoms with Crippen LogP contribution in [-0.2, 0) is 12.0 Å². The van der Waals surface area contributed by atoms with Crippen LogP contribution in [0.5, 0.6) is 0 Å². The summed E-state index contributed by atoms with van der Waals surface area (Å²) < 4.78 is 5.25. The Balaban J connectivity index is 2.02. The Kier molecular flexibility index (Phi) is 5.74. The predicted molar refractivity (Wildman–Crippen MR) is 87.4 cm³/mol. The Morgan fingerprint density at radius 1 is 1.38 bits per heavy atom. The van der Waals surface area contributed by atoms with Crippen LogP contribution in [0.25, 0.3) is 0 Å². The van der Waals surface area contributed by atoms with E-state index in [1.807, 2.05) is 44.3 Å². The van der Waals surface area contributed by atoms with Crippen molar-refractivity contribution in [3.8, 4) is 6.07 Å². The Morgan fingerprint density at radius 3 is 2.71 bits per heavy atom. The highest BCUT2D eigenvalue weighted by molar-refractivity contribution is 8.00. The zero-order chi connectivity index (χ0) is 15.1.